The van der Waals surface area contributed by atoms with Crippen molar-refractivity contribution in [2.24, 2.45) is 0 Å². The van der Waals surface area contributed by atoms with Crippen molar-refractivity contribution in [2.75, 3.05) is 18.0 Å². The van der Waals surface area contributed by atoms with Crippen molar-refractivity contribution in [1.29, 1.82) is 0 Å². The second-order valence-corrected chi connectivity index (χ2v) is 5.82. The van der Waals surface area contributed by atoms with Gasteiger partial charge in [0.25, 0.3) is 0 Å². The Morgan fingerprint density at radius 2 is 1.95 bits per heavy atom. The summed E-state index contributed by atoms with van der Waals surface area (Å²) >= 11 is 0. The molecule has 0 spiro atoms. The average molecular weight is 283 g/mol. The zero-order valence-electron chi connectivity index (χ0n) is 12.5. The van der Waals surface area contributed by atoms with E-state index in [-0.39, 0.29) is 6.10 Å². The molecule has 1 aromatic carbocycles. The maximum Gasteiger partial charge on any atom is 0.138 e. The van der Waals surface area contributed by atoms with Gasteiger partial charge in [-0.1, -0.05) is 12.0 Å². The number of ether oxygens (including phenoxy) is 1. The van der Waals surface area contributed by atoms with E-state index in [1.54, 1.807) is 0 Å². The molecule has 2 fully saturated rings. The second kappa shape index (κ2) is 6.32. The number of Topliss-reactive ketones (excluding diaryl/α,β-unsaturated/α-hetero) is 1. The molecule has 110 valence electrons. The predicted octanol–water partition coefficient (Wildman–Crippen LogP) is 2.77. The number of carbonyl (C=O) groups excluding carboxylic acids is 1. The molecule has 3 heteroatoms. The van der Waals surface area contributed by atoms with Gasteiger partial charge in [-0.15, -0.1) is 5.92 Å². The van der Waals surface area contributed by atoms with Gasteiger partial charge >= 0.3 is 0 Å². The van der Waals surface area contributed by atoms with Crippen LogP contribution in [0.15, 0.2) is 24.3 Å². The Balaban J connectivity index is 1.54. The van der Waals surface area contributed by atoms with Crippen LogP contribution in [0, 0.1) is 11.8 Å². The topological polar surface area (TPSA) is 29.5 Å². The molecule has 3 rings (SSSR count). The SMILES string of the molecule is CC#Cc1cccc(N2CCC(OC3CC(=O)C3)CC2)c1. The van der Waals surface area contributed by atoms with Gasteiger partial charge in [-0.3, -0.25) is 4.79 Å². The van der Waals surface area contributed by atoms with Gasteiger partial charge in [0.05, 0.1) is 12.2 Å². The first-order valence-corrected chi connectivity index (χ1v) is 7.69. The Kier molecular flexibility index (Phi) is 4.26. The quantitative estimate of drug-likeness (QED) is 0.799. The van der Waals surface area contributed by atoms with Crippen molar-refractivity contribution in [1.82, 2.24) is 0 Å². The normalized spacial score (nSPS) is 19.9. The third-order valence-electron chi connectivity index (χ3n) is 4.22. The minimum Gasteiger partial charge on any atom is -0.374 e. The van der Waals surface area contributed by atoms with E-state index in [1.807, 2.05) is 13.0 Å². The van der Waals surface area contributed by atoms with Crippen LogP contribution >= 0.6 is 0 Å². The van der Waals surface area contributed by atoms with E-state index >= 15 is 0 Å². The van der Waals surface area contributed by atoms with Gasteiger partial charge < -0.3 is 9.64 Å². The molecule has 0 radical (unpaired) electrons. The highest BCUT2D eigenvalue weighted by atomic mass is 16.5. The summed E-state index contributed by atoms with van der Waals surface area (Å²) in [4.78, 5) is 13.4. The van der Waals surface area contributed by atoms with E-state index in [0.29, 0.717) is 24.7 Å². The van der Waals surface area contributed by atoms with Crippen molar-refractivity contribution in [2.45, 2.75) is 44.8 Å². The zero-order chi connectivity index (χ0) is 14.7. The minimum atomic E-state index is 0.192. The molecule has 0 bridgehead atoms. The predicted molar refractivity (Wildman–Crippen MR) is 83.3 cm³/mol. The number of benzene rings is 1. The highest BCUT2D eigenvalue weighted by Gasteiger charge is 2.31. The lowest BCUT2D eigenvalue weighted by atomic mass is 9.93. The molecule has 1 saturated heterocycles. The molecule has 0 aromatic heterocycles. The fourth-order valence-electron chi connectivity index (χ4n) is 2.99. The van der Waals surface area contributed by atoms with E-state index in [9.17, 15) is 4.79 Å². The van der Waals surface area contributed by atoms with Gasteiger partial charge in [0.2, 0.25) is 0 Å². The largest absolute Gasteiger partial charge is 0.374 e. The number of nitrogens with zero attached hydrogens (tertiary/aromatic N) is 1. The lowest BCUT2D eigenvalue weighted by Crippen LogP contribution is -2.41. The number of hydrogen-bond acceptors (Lipinski definition) is 3. The maximum absolute atomic E-state index is 11.0. The van der Waals surface area contributed by atoms with Crippen LogP contribution in [-0.4, -0.2) is 31.1 Å². The Morgan fingerprint density at radius 3 is 2.62 bits per heavy atom. The summed E-state index contributed by atoms with van der Waals surface area (Å²) in [5, 5.41) is 0. The highest BCUT2D eigenvalue weighted by Crippen LogP contribution is 2.26. The van der Waals surface area contributed by atoms with E-state index in [0.717, 1.165) is 31.5 Å². The van der Waals surface area contributed by atoms with Gasteiger partial charge in [-0.2, -0.15) is 0 Å². The van der Waals surface area contributed by atoms with E-state index in [2.05, 4.69) is 34.9 Å². The van der Waals surface area contributed by atoms with Gasteiger partial charge in [0.15, 0.2) is 0 Å². The van der Waals surface area contributed by atoms with Crippen LogP contribution in [0.25, 0.3) is 0 Å². The number of piperidine rings is 1. The number of ketones is 1. The van der Waals surface area contributed by atoms with Gasteiger partial charge in [-0.25, -0.2) is 0 Å². The van der Waals surface area contributed by atoms with E-state index < -0.39 is 0 Å². The average Bonchev–Trinajstić information content (AvgIpc) is 2.47. The van der Waals surface area contributed by atoms with Crippen molar-refractivity contribution >= 4 is 11.5 Å². The molecule has 1 aromatic rings. The fraction of sp³-hybridized carbons (Fsp3) is 0.500. The molecule has 0 amide bonds. The number of rotatable bonds is 3. The van der Waals surface area contributed by atoms with Crippen LogP contribution in [0.4, 0.5) is 5.69 Å². The third kappa shape index (κ3) is 3.46. The minimum absolute atomic E-state index is 0.192. The molecule has 1 heterocycles. The number of carbonyl (C=O) groups is 1. The van der Waals surface area contributed by atoms with Crippen LogP contribution in [0.2, 0.25) is 0 Å². The Bertz CT molecular complexity index is 568. The van der Waals surface area contributed by atoms with Gasteiger partial charge in [0, 0.05) is 37.2 Å². The lowest BCUT2D eigenvalue weighted by molar-refractivity contribution is -0.139. The smallest absolute Gasteiger partial charge is 0.138 e. The summed E-state index contributed by atoms with van der Waals surface area (Å²) in [6, 6.07) is 8.41. The van der Waals surface area contributed by atoms with Gasteiger partial charge in [0.1, 0.15) is 5.78 Å². The monoisotopic (exact) mass is 283 g/mol. The maximum atomic E-state index is 11.0. The Morgan fingerprint density at radius 1 is 1.19 bits per heavy atom. The summed E-state index contributed by atoms with van der Waals surface area (Å²) in [7, 11) is 0. The molecule has 0 atom stereocenters. The Hall–Kier alpha value is -1.79. The summed E-state index contributed by atoms with van der Waals surface area (Å²) in [5.41, 5.74) is 2.31. The van der Waals surface area contributed by atoms with Gasteiger partial charge in [-0.05, 0) is 38.0 Å². The standard InChI is InChI=1S/C18H21NO2/c1-2-4-14-5-3-6-15(11-14)19-9-7-17(8-10-19)21-18-12-16(20)13-18/h3,5-6,11,17-18H,7-10,12-13H2,1H3. The second-order valence-electron chi connectivity index (χ2n) is 5.82. The third-order valence-corrected chi connectivity index (χ3v) is 4.22. The van der Waals surface area contributed by atoms with Crippen molar-refractivity contribution in [3.05, 3.63) is 29.8 Å². The first-order valence-electron chi connectivity index (χ1n) is 7.69. The van der Waals surface area contributed by atoms with E-state index in [1.165, 1.54) is 5.69 Å². The van der Waals surface area contributed by atoms with Crippen LogP contribution in [-0.2, 0) is 9.53 Å². The van der Waals surface area contributed by atoms with E-state index in [4.69, 9.17) is 4.74 Å². The molecule has 0 unspecified atom stereocenters. The Labute approximate surface area is 126 Å². The summed E-state index contributed by atoms with van der Waals surface area (Å²) in [5.74, 6) is 6.39. The van der Waals surface area contributed by atoms with Crippen molar-refractivity contribution in [3.8, 4) is 11.8 Å². The van der Waals surface area contributed by atoms with Crippen molar-refractivity contribution < 1.29 is 9.53 Å². The molecule has 3 nitrogen and oxygen atoms in total. The highest BCUT2D eigenvalue weighted by molar-refractivity contribution is 5.85. The summed E-state index contributed by atoms with van der Waals surface area (Å²) in [6.45, 7) is 3.88. The summed E-state index contributed by atoms with van der Waals surface area (Å²) in [6.07, 6.45) is 3.83. The van der Waals surface area contributed by atoms with Crippen LogP contribution in [0.5, 0.6) is 0 Å². The first-order chi connectivity index (χ1) is 10.2. The number of hydrogen-bond donors (Lipinski definition) is 0. The number of anilines is 1. The summed E-state index contributed by atoms with van der Waals surface area (Å²) < 4.78 is 5.97. The fourth-order valence-corrected chi connectivity index (χ4v) is 2.99. The molecular formula is C18H21NO2. The molecule has 1 aliphatic heterocycles. The molecule has 1 aliphatic carbocycles. The first kappa shape index (κ1) is 14.2. The van der Waals surface area contributed by atoms with Crippen LogP contribution in [0.3, 0.4) is 0 Å². The zero-order valence-corrected chi connectivity index (χ0v) is 12.5. The molecule has 1 saturated carbocycles. The molecule has 2 aliphatic rings. The van der Waals surface area contributed by atoms with Crippen molar-refractivity contribution in [3.63, 3.8) is 0 Å². The molecule has 0 N–H and O–H groups in total. The molecular weight excluding hydrogens is 262 g/mol. The lowest BCUT2D eigenvalue weighted by Gasteiger charge is -2.36. The van der Waals surface area contributed by atoms with Crippen LogP contribution in [0.1, 0.15) is 38.2 Å². The van der Waals surface area contributed by atoms with Crippen LogP contribution < -0.4 is 4.90 Å². The molecule has 21 heavy (non-hydrogen) atoms.